The smallest absolute Gasteiger partial charge is 0.265 e. The molecule has 2 heterocycles. The maximum absolute atomic E-state index is 12.1. The molecule has 2 aromatic rings. The predicted molar refractivity (Wildman–Crippen MR) is 134 cm³/mol. The van der Waals surface area contributed by atoms with Crippen molar-refractivity contribution in [3.05, 3.63) is 21.1 Å². The molecule has 180 valence electrons. The van der Waals surface area contributed by atoms with Gasteiger partial charge < -0.3 is 20.4 Å². The van der Waals surface area contributed by atoms with Crippen molar-refractivity contribution in [3.63, 3.8) is 0 Å². The minimum Gasteiger partial charge on any atom is -0.344 e. The van der Waals surface area contributed by atoms with E-state index in [1.165, 1.54) is 21.6 Å². The van der Waals surface area contributed by atoms with E-state index < -0.39 is 0 Å². The van der Waals surface area contributed by atoms with Crippen molar-refractivity contribution in [2.75, 3.05) is 50.3 Å². The van der Waals surface area contributed by atoms with E-state index >= 15 is 0 Å². The van der Waals surface area contributed by atoms with Crippen molar-refractivity contribution < 1.29 is 19.2 Å². The van der Waals surface area contributed by atoms with Gasteiger partial charge in [-0.05, 0) is 13.8 Å². The lowest BCUT2D eigenvalue weighted by Gasteiger charge is -2.07. The van der Waals surface area contributed by atoms with Crippen molar-refractivity contribution in [1.82, 2.24) is 19.8 Å². The summed E-state index contributed by atoms with van der Waals surface area (Å²) in [6, 6.07) is 0. The number of anilines is 2. The van der Waals surface area contributed by atoms with Gasteiger partial charge >= 0.3 is 0 Å². The zero-order chi connectivity index (χ0) is 24.7. The molecule has 0 fully saturated rings. The molecule has 0 aliphatic carbocycles. The van der Waals surface area contributed by atoms with Crippen molar-refractivity contribution in [1.29, 1.82) is 0 Å². The molecule has 13 heteroatoms. The predicted octanol–water partition coefficient (Wildman–Crippen LogP) is 2.71. The van der Waals surface area contributed by atoms with Gasteiger partial charge in [-0.25, -0.2) is 9.97 Å². The van der Waals surface area contributed by atoms with E-state index in [1.54, 1.807) is 42.0 Å². The third-order valence-corrected chi connectivity index (χ3v) is 7.34. The molecule has 0 aromatic carbocycles. The van der Waals surface area contributed by atoms with Gasteiger partial charge in [-0.3, -0.25) is 19.2 Å². The lowest BCUT2D eigenvalue weighted by atomic mass is 10.3. The first-order chi connectivity index (χ1) is 15.5. The highest BCUT2D eigenvalue weighted by atomic mass is 32.2. The van der Waals surface area contributed by atoms with Crippen LogP contribution in [0.3, 0.4) is 0 Å². The van der Waals surface area contributed by atoms with Crippen molar-refractivity contribution in [3.8, 4) is 0 Å². The number of carbonyl (C=O) groups excluding carboxylic acids is 4. The fourth-order valence-corrected chi connectivity index (χ4v) is 5.37. The third kappa shape index (κ3) is 7.79. The molecule has 0 saturated carbocycles. The van der Waals surface area contributed by atoms with E-state index in [4.69, 9.17) is 0 Å². The van der Waals surface area contributed by atoms with Crippen LogP contribution in [0.1, 0.15) is 43.6 Å². The molecule has 0 radical (unpaired) electrons. The topological polar surface area (TPSA) is 125 Å². The molecule has 0 aliphatic heterocycles. The van der Waals surface area contributed by atoms with E-state index in [0.717, 1.165) is 22.7 Å². The van der Waals surface area contributed by atoms with Crippen LogP contribution in [0.5, 0.6) is 0 Å². The number of nitrogens with zero attached hydrogens (tertiary/aromatic N) is 4. The Bertz CT molecular complexity index is 951. The van der Waals surface area contributed by atoms with Gasteiger partial charge in [0, 0.05) is 52.5 Å². The quantitative estimate of drug-likeness (QED) is 0.469. The molecular weight excluding hydrogens is 484 g/mol. The van der Waals surface area contributed by atoms with E-state index in [-0.39, 0.29) is 36.5 Å². The summed E-state index contributed by atoms with van der Waals surface area (Å²) in [5, 5.41) is 6.24. The Labute approximate surface area is 205 Å². The lowest BCUT2D eigenvalue weighted by molar-refractivity contribution is -0.116. The number of nitrogens with one attached hydrogen (secondary N) is 2. The first-order valence-corrected chi connectivity index (χ1v) is 12.8. The normalized spacial score (nSPS) is 10.6. The molecule has 0 bridgehead atoms. The van der Waals surface area contributed by atoms with Gasteiger partial charge in [0.15, 0.2) is 10.3 Å². The van der Waals surface area contributed by atoms with Crippen LogP contribution in [-0.2, 0) is 9.59 Å². The molecule has 2 rings (SSSR count). The lowest BCUT2D eigenvalue weighted by Crippen LogP contribution is -2.21. The number of carbonyl (C=O) groups is 4. The zero-order valence-corrected chi connectivity index (χ0v) is 21.9. The van der Waals surface area contributed by atoms with Crippen LogP contribution >= 0.6 is 34.4 Å². The Balaban J connectivity index is 1.70. The van der Waals surface area contributed by atoms with Gasteiger partial charge in [0.2, 0.25) is 11.8 Å². The molecule has 2 N–H and O–H groups in total. The van der Waals surface area contributed by atoms with Crippen LogP contribution < -0.4 is 10.6 Å². The van der Waals surface area contributed by atoms with Crippen LogP contribution in [-0.4, -0.2) is 83.1 Å². The molecule has 33 heavy (non-hydrogen) atoms. The summed E-state index contributed by atoms with van der Waals surface area (Å²) in [6.45, 7) is 3.47. The van der Waals surface area contributed by atoms with Gasteiger partial charge in [-0.1, -0.05) is 22.7 Å². The second kappa shape index (κ2) is 12.1. The van der Waals surface area contributed by atoms with Crippen LogP contribution in [0.25, 0.3) is 0 Å². The van der Waals surface area contributed by atoms with Crippen LogP contribution in [0.2, 0.25) is 0 Å². The summed E-state index contributed by atoms with van der Waals surface area (Å²) < 4.78 is 0. The number of thioether (sulfide) groups is 1. The fourth-order valence-electron chi connectivity index (χ4n) is 2.50. The van der Waals surface area contributed by atoms with Gasteiger partial charge in [0.1, 0.15) is 9.75 Å². The average molecular weight is 513 g/mol. The summed E-state index contributed by atoms with van der Waals surface area (Å²) >= 11 is 3.80. The molecule has 2 aromatic heterocycles. The highest BCUT2D eigenvalue weighted by molar-refractivity contribution is 7.99. The van der Waals surface area contributed by atoms with Crippen LogP contribution in [0.4, 0.5) is 10.3 Å². The van der Waals surface area contributed by atoms with Crippen molar-refractivity contribution >= 4 is 68.3 Å². The summed E-state index contributed by atoms with van der Waals surface area (Å²) in [5.41, 5.74) is 1.17. The maximum Gasteiger partial charge on any atom is 0.265 e. The first-order valence-electron chi connectivity index (χ1n) is 10.0. The number of thiazole rings is 2. The summed E-state index contributed by atoms with van der Waals surface area (Å²) in [7, 11) is 6.66. The molecular formula is C20H28N6O4S3. The van der Waals surface area contributed by atoms with E-state index in [0.29, 0.717) is 42.9 Å². The second-order valence-electron chi connectivity index (χ2n) is 7.47. The summed E-state index contributed by atoms with van der Waals surface area (Å²) in [6.07, 6.45) is 0.535. The minimum absolute atomic E-state index is 0.146. The van der Waals surface area contributed by atoms with Crippen molar-refractivity contribution in [2.24, 2.45) is 0 Å². The van der Waals surface area contributed by atoms with Gasteiger partial charge in [0.05, 0.1) is 11.4 Å². The average Bonchev–Trinajstić information content (AvgIpc) is 3.27. The van der Waals surface area contributed by atoms with Crippen molar-refractivity contribution in [2.45, 2.75) is 26.7 Å². The number of aryl methyl sites for hydroxylation is 2. The number of aromatic nitrogens is 2. The largest absolute Gasteiger partial charge is 0.344 e. The Kier molecular flexibility index (Phi) is 9.80. The number of amides is 4. The molecule has 0 saturated heterocycles. The molecule has 0 atom stereocenters. The zero-order valence-electron chi connectivity index (χ0n) is 19.5. The highest BCUT2D eigenvalue weighted by Crippen LogP contribution is 2.25. The van der Waals surface area contributed by atoms with Gasteiger partial charge in [-0.15, -0.1) is 0 Å². The summed E-state index contributed by atoms with van der Waals surface area (Å²) in [4.78, 5) is 60.9. The third-order valence-electron chi connectivity index (χ3n) is 4.23. The van der Waals surface area contributed by atoms with Crippen LogP contribution in [0.15, 0.2) is 0 Å². The molecule has 0 unspecified atom stereocenters. The number of hydrogen-bond donors (Lipinski definition) is 2. The minimum atomic E-state index is -0.194. The molecule has 10 nitrogen and oxygen atoms in total. The molecule has 4 amide bonds. The van der Waals surface area contributed by atoms with Crippen LogP contribution in [0, 0.1) is 13.8 Å². The molecule has 0 spiro atoms. The Morgan fingerprint density at radius 2 is 1.12 bits per heavy atom. The van der Waals surface area contributed by atoms with E-state index in [9.17, 15) is 19.2 Å². The first kappa shape index (κ1) is 26.7. The number of rotatable bonds is 10. The van der Waals surface area contributed by atoms with Gasteiger partial charge in [0.25, 0.3) is 11.8 Å². The Morgan fingerprint density at radius 1 is 0.758 bits per heavy atom. The van der Waals surface area contributed by atoms with E-state index in [2.05, 4.69) is 20.6 Å². The SMILES string of the molecule is Cc1nc(NC(=O)CCSCCC(=O)Nc2nc(C)c(C(=O)N(C)C)s2)sc1C(=O)N(C)C. The fraction of sp³-hybridized carbons (Fsp3) is 0.500. The number of hydrogen-bond acceptors (Lipinski definition) is 9. The standard InChI is InChI=1S/C20H28N6O4S3/c1-11-15(17(29)25(3)4)32-19(21-11)23-13(27)7-9-31-10-8-14(28)24-20-22-12(2)16(33-20)18(30)26(5)6/h7-10H2,1-6H3,(H,21,23,27)(H,22,24,28). The molecule has 0 aliphatic rings. The van der Waals surface area contributed by atoms with Gasteiger partial charge in [-0.2, -0.15) is 11.8 Å². The summed E-state index contributed by atoms with van der Waals surface area (Å²) in [5.74, 6) is 0.414. The van der Waals surface area contributed by atoms with E-state index in [1.807, 2.05) is 0 Å². The monoisotopic (exact) mass is 512 g/mol. The Morgan fingerprint density at radius 3 is 1.45 bits per heavy atom. The Hall–Kier alpha value is -2.51. The second-order valence-corrected chi connectivity index (χ2v) is 10.7. The highest BCUT2D eigenvalue weighted by Gasteiger charge is 2.19. The maximum atomic E-state index is 12.1.